The van der Waals surface area contributed by atoms with Gasteiger partial charge in [0.2, 0.25) is 0 Å². The molecule has 29 heavy (non-hydrogen) atoms. The van der Waals surface area contributed by atoms with Crippen LogP contribution in [0.1, 0.15) is 11.1 Å². The van der Waals surface area contributed by atoms with Crippen molar-refractivity contribution in [2.75, 3.05) is 0 Å². The van der Waals surface area contributed by atoms with E-state index in [1.165, 1.54) is 23.5 Å². The summed E-state index contributed by atoms with van der Waals surface area (Å²) >= 11 is 1.45. The van der Waals surface area contributed by atoms with Crippen LogP contribution in [0.2, 0.25) is 0 Å². The fourth-order valence-electron chi connectivity index (χ4n) is 4.02. The van der Waals surface area contributed by atoms with Crippen LogP contribution in [0, 0.1) is 6.92 Å². The van der Waals surface area contributed by atoms with E-state index in [1.807, 2.05) is 53.9 Å². The quantitative estimate of drug-likeness (QED) is 0.281. The molecule has 5 rings (SSSR count). The van der Waals surface area contributed by atoms with E-state index in [2.05, 4.69) is 16.7 Å². The molecule has 0 amide bonds. The van der Waals surface area contributed by atoms with Crippen molar-refractivity contribution < 1.29 is 13.2 Å². The van der Waals surface area contributed by atoms with Gasteiger partial charge in [0, 0.05) is 21.2 Å². The van der Waals surface area contributed by atoms with Crippen LogP contribution in [0.4, 0.5) is 13.2 Å². The molecular weight excluding hydrogens is 391 g/mol. The Hall–Kier alpha value is -3.05. The van der Waals surface area contributed by atoms with Gasteiger partial charge in [-0.3, -0.25) is 0 Å². The number of benzene rings is 3. The second-order valence-corrected chi connectivity index (χ2v) is 7.98. The molecule has 0 aliphatic carbocycles. The standard InChI is InChI=1S/C24H16F3NS/c1-15-13-16(24(25,26)27)14-19(22-11-6-12-29-22)23(15)28-20-9-4-2-7-17(20)18-8-3-5-10-21(18)28/h2-14H,1H3. The molecule has 0 fully saturated rings. The molecule has 0 unspecified atom stereocenters. The molecule has 1 nitrogen and oxygen atoms in total. The third-order valence-electron chi connectivity index (χ3n) is 5.22. The maximum atomic E-state index is 13.6. The SMILES string of the molecule is Cc1cc(C(F)(F)F)cc(-c2cccs2)c1-n1c2ccccc2c2ccccc21. The number of alkyl halides is 3. The first-order valence-electron chi connectivity index (χ1n) is 9.19. The van der Waals surface area contributed by atoms with Crippen molar-refractivity contribution in [3.63, 3.8) is 0 Å². The minimum Gasteiger partial charge on any atom is -0.308 e. The monoisotopic (exact) mass is 407 g/mol. The second kappa shape index (κ2) is 6.49. The zero-order valence-electron chi connectivity index (χ0n) is 15.5. The second-order valence-electron chi connectivity index (χ2n) is 7.03. The Balaban J connectivity index is 1.95. The average molecular weight is 407 g/mol. The molecular formula is C24H16F3NS. The molecule has 0 saturated carbocycles. The number of para-hydroxylation sites is 2. The number of fused-ring (bicyclic) bond motifs is 3. The van der Waals surface area contributed by atoms with Gasteiger partial charge in [0.15, 0.2) is 0 Å². The summed E-state index contributed by atoms with van der Waals surface area (Å²) in [7, 11) is 0. The molecule has 5 aromatic rings. The molecule has 144 valence electrons. The first-order valence-corrected chi connectivity index (χ1v) is 10.1. The number of aryl methyl sites for hydroxylation is 1. The minimum atomic E-state index is -4.39. The Kier molecular flexibility index (Phi) is 4.03. The van der Waals surface area contributed by atoms with Gasteiger partial charge in [0.05, 0.1) is 22.3 Å². The van der Waals surface area contributed by atoms with Crippen molar-refractivity contribution in [3.8, 4) is 16.1 Å². The molecule has 2 aromatic heterocycles. The highest BCUT2D eigenvalue weighted by atomic mass is 32.1. The predicted octanol–water partition coefficient (Wildman–Crippen LogP) is 7.84. The van der Waals surface area contributed by atoms with Crippen molar-refractivity contribution in [2.24, 2.45) is 0 Å². The van der Waals surface area contributed by atoms with Crippen LogP contribution in [0.15, 0.2) is 78.2 Å². The normalized spacial score (nSPS) is 12.1. The summed E-state index contributed by atoms with van der Waals surface area (Å²) in [4.78, 5) is 0.816. The Labute approximate surface area is 169 Å². The Morgan fingerprint density at radius 2 is 1.41 bits per heavy atom. The Bertz CT molecular complexity index is 1290. The van der Waals surface area contributed by atoms with Crippen molar-refractivity contribution in [2.45, 2.75) is 13.1 Å². The highest BCUT2D eigenvalue weighted by Crippen LogP contribution is 2.42. The van der Waals surface area contributed by atoms with Crippen molar-refractivity contribution >= 4 is 33.1 Å². The topological polar surface area (TPSA) is 4.93 Å². The molecule has 0 aliphatic rings. The third-order valence-corrected chi connectivity index (χ3v) is 6.12. The van der Waals surface area contributed by atoms with Crippen molar-refractivity contribution in [3.05, 3.63) is 89.3 Å². The van der Waals surface area contributed by atoms with E-state index in [4.69, 9.17) is 0 Å². The summed E-state index contributed by atoms with van der Waals surface area (Å²) < 4.78 is 42.8. The van der Waals surface area contributed by atoms with Crippen LogP contribution < -0.4 is 0 Å². The summed E-state index contributed by atoms with van der Waals surface area (Å²) in [6, 6.07) is 22.3. The van der Waals surface area contributed by atoms with Gasteiger partial charge in [-0.2, -0.15) is 13.2 Å². The number of hydrogen-bond acceptors (Lipinski definition) is 1. The third kappa shape index (κ3) is 2.85. The van der Waals surface area contributed by atoms with E-state index in [0.717, 1.165) is 32.4 Å². The van der Waals surface area contributed by atoms with E-state index < -0.39 is 11.7 Å². The molecule has 0 N–H and O–H groups in total. The highest BCUT2D eigenvalue weighted by molar-refractivity contribution is 7.13. The van der Waals surface area contributed by atoms with Gasteiger partial charge in [-0.05, 0) is 48.2 Å². The molecule has 3 aromatic carbocycles. The number of halogens is 3. The lowest BCUT2D eigenvalue weighted by Crippen LogP contribution is -2.08. The number of hydrogen-bond donors (Lipinski definition) is 0. The van der Waals surface area contributed by atoms with Gasteiger partial charge < -0.3 is 4.57 Å². The summed E-state index contributed by atoms with van der Waals surface area (Å²) in [5, 5.41) is 4.06. The van der Waals surface area contributed by atoms with E-state index in [0.29, 0.717) is 11.1 Å². The smallest absolute Gasteiger partial charge is 0.308 e. The van der Waals surface area contributed by atoms with Gasteiger partial charge in [-0.1, -0.05) is 42.5 Å². The van der Waals surface area contributed by atoms with E-state index >= 15 is 0 Å². The van der Waals surface area contributed by atoms with Crippen LogP contribution in [-0.2, 0) is 6.18 Å². The van der Waals surface area contributed by atoms with Crippen molar-refractivity contribution in [1.29, 1.82) is 0 Å². The number of rotatable bonds is 2. The molecule has 2 heterocycles. The predicted molar refractivity (Wildman–Crippen MR) is 114 cm³/mol. The van der Waals surface area contributed by atoms with Gasteiger partial charge in [-0.15, -0.1) is 11.3 Å². The maximum Gasteiger partial charge on any atom is 0.416 e. The zero-order valence-corrected chi connectivity index (χ0v) is 16.3. The fourth-order valence-corrected chi connectivity index (χ4v) is 4.77. The van der Waals surface area contributed by atoms with Gasteiger partial charge in [0.25, 0.3) is 0 Å². The number of nitrogens with zero attached hydrogens (tertiary/aromatic N) is 1. The summed E-state index contributed by atoms with van der Waals surface area (Å²) in [6.45, 7) is 1.76. The maximum absolute atomic E-state index is 13.6. The Morgan fingerprint density at radius 1 is 0.793 bits per heavy atom. The lowest BCUT2D eigenvalue weighted by atomic mass is 10.0. The summed E-state index contributed by atoms with van der Waals surface area (Å²) in [5.41, 5.74) is 3.32. The van der Waals surface area contributed by atoms with Gasteiger partial charge in [0.1, 0.15) is 0 Å². The molecule has 0 bridgehead atoms. The van der Waals surface area contributed by atoms with Gasteiger partial charge in [-0.25, -0.2) is 0 Å². The first kappa shape index (κ1) is 18.0. The fraction of sp³-hybridized carbons (Fsp3) is 0.0833. The molecule has 5 heteroatoms. The zero-order chi connectivity index (χ0) is 20.2. The summed E-state index contributed by atoms with van der Waals surface area (Å²) in [6.07, 6.45) is -4.39. The largest absolute Gasteiger partial charge is 0.416 e. The van der Waals surface area contributed by atoms with Crippen LogP contribution in [0.3, 0.4) is 0 Å². The summed E-state index contributed by atoms with van der Waals surface area (Å²) in [5.74, 6) is 0. The van der Waals surface area contributed by atoms with Crippen molar-refractivity contribution in [1.82, 2.24) is 4.57 Å². The highest BCUT2D eigenvalue weighted by Gasteiger charge is 2.32. The van der Waals surface area contributed by atoms with Crippen LogP contribution in [0.25, 0.3) is 37.9 Å². The minimum absolute atomic E-state index is 0.592. The Morgan fingerprint density at radius 3 is 1.97 bits per heavy atom. The first-order chi connectivity index (χ1) is 13.9. The van der Waals surface area contributed by atoms with Crippen LogP contribution in [-0.4, -0.2) is 4.57 Å². The van der Waals surface area contributed by atoms with E-state index in [1.54, 1.807) is 6.92 Å². The van der Waals surface area contributed by atoms with E-state index in [9.17, 15) is 13.2 Å². The lowest BCUT2D eigenvalue weighted by molar-refractivity contribution is -0.137. The molecule has 0 radical (unpaired) electrons. The molecule has 0 spiro atoms. The van der Waals surface area contributed by atoms with Crippen LogP contribution >= 0.6 is 11.3 Å². The number of thiophene rings is 1. The lowest BCUT2D eigenvalue weighted by Gasteiger charge is -2.19. The number of aromatic nitrogens is 1. The van der Waals surface area contributed by atoms with Crippen LogP contribution in [0.5, 0.6) is 0 Å². The molecule has 0 aliphatic heterocycles. The van der Waals surface area contributed by atoms with Gasteiger partial charge >= 0.3 is 6.18 Å². The molecule has 0 saturated heterocycles. The molecule has 0 atom stereocenters. The average Bonchev–Trinajstić information content (AvgIpc) is 3.33. The van der Waals surface area contributed by atoms with E-state index in [-0.39, 0.29) is 0 Å².